The maximum absolute atomic E-state index is 11.8. The van der Waals surface area contributed by atoms with Crippen molar-refractivity contribution in [1.82, 2.24) is 5.32 Å². The van der Waals surface area contributed by atoms with Crippen molar-refractivity contribution in [3.8, 4) is 0 Å². The van der Waals surface area contributed by atoms with Gasteiger partial charge < -0.3 is 15.3 Å². The zero-order valence-corrected chi connectivity index (χ0v) is 12.3. The van der Waals surface area contributed by atoms with E-state index in [0.29, 0.717) is 6.54 Å². The summed E-state index contributed by atoms with van der Waals surface area (Å²) in [6, 6.07) is 7.89. The quantitative estimate of drug-likeness (QED) is 0.772. The molecule has 1 saturated heterocycles. The topological polar surface area (TPSA) is 69.6 Å². The van der Waals surface area contributed by atoms with Gasteiger partial charge in [0.1, 0.15) is 0 Å². The Morgan fingerprint density at radius 1 is 1.30 bits per heavy atom. The summed E-state index contributed by atoms with van der Waals surface area (Å²) in [7, 11) is -3.14. The number of aliphatic hydroxyl groups is 1. The molecule has 0 aliphatic carbocycles. The fourth-order valence-corrected chi connectivity index (χ4v) is 4.91. The summed E-state index contributed by atoms with van der Waals surface area (Å²) >= 11 is 0. The second kappa shape index (κ2) is 5.02. The molecule has 1 fully saturated rings. The van der Waals surface area contributed by atoms with Crippen LogP contribution in [0.5, 0.6) is 0 Å². The van der Waals surface area contributed by atoms with Crippen LogP contribution in [-0.4, -0.2) is 49.8 Å². The summed E-state index contributed by atoms with van der Waals surface area (Å²) in [4.78, 5) is 2.06. The Morgan fingerprint density at radius 2 is 2.05 bits per heavy atom. The number of hydrogen-bond acceptors (Lipinski definition) is 5. The number of anilines is 1. The Kier molecular flexibility index (Phi) is 3.48. The molecule has 5 nitrogen and oxygen atoms in total. The minimum atomic E-state index is -3.14. The van der Waals surface area contributed by atoms with E-state index < -0.39 is 15.9 Å². The lowest BCUT2D eigenvalue weighted by molar-refractivity contribution is 0.177. The Morgan fingerprint density at radius 3 is 2.75 bits per heavy atom. The molecule has 2 N–H and O–H groups in total. The summed E-state index contributed by atoms with van der Waals surface area (Å²) in [6.45, 7) is 3.55. The average Bonchev–Trinajstić information content (AvgIpc) is 2.57. The second-order valence-corrected chi connectivity index (χ2v) is 7.93. The molecule has 0 radical (unpaired) electrons. The molecule has 2 aliphatic rings. The molecule has 110 valence electrons. The molecule has 1 aromatic carbocycles. The van der Waals surface area contributed by atoms with Gasteiger partial charge in [-0.25, -0.2) is 8.42 Å². The maximum atomic E-state index is 11.8. The van der Waals surface area contributed by atoms with Gasteiger partial charge in [0, 0.05) is 24.8 Å². The molecular weight excluding hydrogens is 276 g/mol. The molecule has 20 heavy (non-hydrogen) atoms. The van der Waals surface area contributed by atoms with Gasteiger partial charge >= 0.3 is 0 Å². The number of benzene rings is 1. The highest BCUT2D eigenvalue weighted by Crippen LogP contribution is 2.29. The predicted molar refractivity (Wildman–Crippen MR) is 78.5 cm³/mol. The summed E-state index contributed by atoms with van der Waals surface area (Å²) < 4.78 is 23.5. The molecule has 0 bridgehead atoms. The van der Waals surface area contributed by atoms with E-state index in [1.165, 1.54) is 0 Å². The molecule has 3 atom stereocenters. The normalized spacial score (nSPS) is 32.7. The number of hydrogen-bond donors (Lipinski definition) is 2. The minimum Gasteiger partial charge on any atom is -0.390 e. The highest BCUT2D eigenvalue weighted by molar-refractivity contribution is 7.91. The standard InChI is InChI=1S/C14H20N2O3S/c1-10-7-16(13-8-20(18,19)9-14(13)17)12-5-3-2-4-11(12)6-15-10/h2-5,10,13-15,17H,6-9H2,1H3. The molecule has 0 amide bonds. The average molecular weight is 296 g/mol. The summed E-state index contributed by atoms with van der Waals surface area (Å²) in [5.41, 5.74) is 2.18. The van der Waals surface area contributed by atoms with E-state index in [9.17, 15) is 13.5 Å². The molecular formula is C14H20N2O3S. The van der Waals surface area contributed by atoms with Gasteiger partial charge in [0.15, 0.2) is 9.84 Å². The highest BCUT2D eigenvalue weighted by Gasteiger charge is 2.41. The van der Waals surface area contributed by atoms with Crippen molar-refractivity contribution in [1.29, 1.82) is 0 Å². The Bertz CT molecular complexity index is 602. The maximum Gasteiger partial charge on any atom is 0.155 e. The molecule has 2 aliphatic heterocycles. The SMILES string of the molecule is CC1CN(C2CS(=O)(=O)CC2O)c2ccccc2CN1. The third kappa shape index (κ3) is 2.55. The van der Waals surface area contributed by atoms with Crippen LogP contribution in [0, 0.1) is 0 Å². The van der Waals surface area contributed by atoms with E-state index in [-0.39, 0.29) is 23.6 Å². The molecule has 0 saturated carbocycles. The summed E-state index contributed by atoms with van der Waals surface area (Å²) in [5.74, 6) is -0.0899. The van der Waals surface area contributed by atoms with Crippen LogP contribution in [0.1, 0.15) is 12.5 Å². The fourth-order valence-electron chi connectivity index (χ4n) is 3.10. The van der Waals surface area contributed by atoms with Gasteiger partial charge in [-0.05, 0) is 18.6 Å². The molecule has 6 heteroatoms. The molecule has 0 spiro atoms. The lowest BCUT2D eigenvalue weighted by atomic mass is 10.1. The number of nitrogens with zero attached hydrogens (tertiary/aromatic N) is 1. The second-order valence-electron chi connectivity index (χ2n) is 5.77. The van der Waals surface area contributed by atoms with Crippen LogP contribution in [0.25, 0.3) is 0 Å². The van der Waals surface area contributed by atoms with Gasteiger partial charge in [-0.2, -0.15) is 0 Å². The molecule has 0 aromatic heterocycles. The van der Waals surface area contributed by atoms with Crippen LogP contribution in [0.15, 0.2) is 24.3 Å². The Balaban J connectivity index is 1.99. The van der Waals surface area contributed by atoms with E-state index in [1.54, 1.807) is 0 Å². The Hall–Kier alpha value is -1.11. The lowest BCUT2D eigenvalue weighted by Gasteiger charge is -2.33. The summed E-state index contributed by atoms with van der Waals surface area (Å²) in [5, 5.41) is 13.6. The zero-order valence-electron chi connectivity index (χ0n) is 11.5. The van der Waals surface area contributed by atoms with Crippen LogP contribution in [0.4, 0.5) is 5.69 Å². The van der Waals surface area contributed by atoms with Crippen LogP contribution in [-0.2, 0) is 16.4 Å². The first kappa shape index (κ1) is 13.9. The summed E-state index contributed by atoms with van der Waals surface area (Å²) in [6.07, 6.45) is -0.807. The molecule has 3 unspecified atom stereocenters. The highest BCUT2D eigenvalue weighted by atomic mass is 32.2. The van der Waals surface area contributed by atoms with E-state index >= 15 is 0 Å². The van der Waals surface area contributed by atoms with Crippen molar-refractivity contribution in [2.75, 3.05) is 23.0 Å². The van der Waals surface area contributed by atoms with E-state index in [0.717, 1.165) is 17.8 Å². The van der Waals surface area contributed by atoms with Gasteiger partial charge in [-0.15, -0.1) is 0 Å². The number of aliphatic hydroxyl groups excluding tert-OH is 1. The van der Waals surface area contributed by atoms with Gasteiger partial charge in [-0.1, -0.05) is 18.2 Å². The number of sulfone groups is 1. The van der Waals surface area contributed by atoms with Gasteiger partial charge in [0.2, 0.25) is 0 Å². The number of rotatable bonds is 1. The molecule has 1 aromatic rings. The van der Waals surface area contributed by atoms with Crippen LogP contribution in [0.2, 0.25) is 0 Å². The van der Waals surface area contributed by atoms with Crippen LogP contribution < -0.4 is 10.2 Å². The number of para-hydroxylation sites is 1. The third-order valence-corrected chi connectivity index (χ3v) is 5.81. The number of fused-ring (bicyclic) bond motifs is 1. The van der Waals surface area contributed by atoms with Crippen molar-refractivity contribution in [3.05, 3.63) is 29.8 Å². The van der Waals surface area contributed by atoms with Crippen molar-refractivity contribution in [3.63, 3.8) is 0 Å². The minimum absolute atomic E-state index is 0.0369. The zero-order chi connectivity index (χ0) is 14.3. The fraction of sp³-hybridized carbons (Fsp3) is 0.571. The Labute approximate surface area is 119 Å². The van der Waals surface area contributed by atoms with Crippen LogP contribution >= 0.6 is 0 Å². The van der Waals surface area contributed by atoms with E-state index in [1.807, 2.05) is 24.3 Å². The first-order chi connectivity index (χ1) is 9.46. The van der Waals surface area contributed by atoms with Gasteiger partial charge in [-0.3, -0.25) is 0 Å². The smallest absolute Gasteiger partial charge is 0.155 e. The monoisotopic (exact) mass is 296 g/mol. The first-order valence-corrected chi connectivity index (χ1v) is 8.75. The van der Waals surface area contributed by atoms with Crippen LogP contribution in [0.3, 0.4) is 0 Å². The van der Waals surface area contributed by atoms with Crippen molar-refractivity contribution in [2.45, 2.75) is 31.7 Å². The van der Waals surface area contributed by atoms with E-state index in [4.69, 9.17) is 0 Å². The molecule has 2 heterocycles. The number of nitrogens with one attached hydrogen (secondary N) is 1. The third-order valence-electron chi connectivity index (χ3n) is 4.11. The van der Waals surface area contributed by atoms with Gasteiger partial charge in [0.05, 0.1) is 23.7 Å². The molecule has 3 rings (SSSR count). The van der Waals surface area contributed by atoms with Gasteiger partial charge in [0.25, 0.3) is 0 Å². The van der Waals surface area contributed by atoms with Crippen molar-refractivity contribution < 1.29 is 13.5 Å². The largest absolute Gasteiger partial charge is 0.390 e. The van der Waals surface area contributed by atoms with Crippen molar-refractivity contribution >= 4 is 15.5 Å². The van der Waals surface area contributed by atoms with E-state index in [2.05, 4.69) is 17.1 Å². The predicted octanol–water partition coefficient (Wildman–Crippen LogP) is 0.143. The lowest BCUT2D eigenvalue weighted by Crippen LogP contribution is -2.47. The van der Waals surface area contributed by atoms with Crippen molar-refractivity contribution in [2.24, 2.45) is 0 Å². The first-order valence-electron chi connectivity index (χ1n) is 6.93.